The van der Waals surface area contributed by atoms with Crippen LogP contribution in [0.4, 0.5) is 10.1 Å². The first-order valence-electron chi connectivity index (χ1n) is 6.89. The van der Waals surface area contributed by atoms with Crippen LogP contribution in [0.3, 0.4) is 0 Å². The highest BCUT2D eigenvalue weighted by Crippen LogP contribution is 2.16. The molecule has 0 radical (unpaired) electrons. The van der Waals surface area contributed by atoms with E-state index in [0.717, 1.165) is 18.4 Å². The average Bonchev–Trinajstić information content (AvgIpc) is 2.54. The zero-order valence-electron chi connectivity index (χ0n) is 13.0. The molecule has 1 N–H and O–H groups in total. The molecule has 0 heterocycles. The van der Waals surface area contributed by atoms with Crippen LogP contribution in [0.2, 0.25) is 5.02 Å². The fourth-order valence-electron chi connectivity index (χ4n) is 1.85. The highest BCUT2D eigenvalue weighted by atomic mass is 35.5. The lowest BCUT2D eigenvalue weighted by atomic mass is 10.2. The number of carbonyl (C=O) groups excluding carboxylic acids is 2. The molecular weight excluding hydrogens is 373 g/mol. The summed E-state index contributed by atoms with van der Waals surface area (Å²) in [6.07, 6.45) is 1.06. The van der Waals surface area contributed by atoms with Crippen LogP contribution in [0.5, 0.6) is 0 Å². The van der Waals surface area contributed by atoms with Crippen molar-refractivity contribution in [1.29, 1.82) is 0 Å². The predicted molar refractivity (Wildman–Crippen MR) is 89.9 cm³/mol. The van der Waals surface area contributed by atoms with E-state index in [0.29, 0.717) is 5.69 Å². The quantitative estimate of drug-likeness (QED) is 0.799. The maximum absolute atomic E-state index is 13.5. The van der Waals surface area contributed by atoms with Crippen LogP contribution < -0.4 is 5.32 Å². The van der Waals surface area contributed by atoms with Gasteiger partial charge in [-0.05, 0) is 42.5 Å². The SMILES string of the molecule is CS(=O)(=O)c1ccc(NC(=O)COC(=O)c2cc(Cl)ccc2F)cc1. The van der Waals surface area contributed by atoms with Gasteiger partial charge < -0.3 is 10.1 Å². The molecule has 25 heavy (non-hydrogen) atoms. The van der Waals surface area contributed by atoms with Crippen molar-refractivity contribution in [2.45, 2.75) is 4.90 Å². The molecule has 2 rings (SSSR count). The Bertz CT molecular complexity index is 913. The number of hydrogen-bond donors (Lipinski definition) is 1. The molecule has 1 amide bonds. The highest BCUT2D eigenvalue weighted by Gasteiger charge is 2.15. The van der Waals surface area contributed by atoms with E-state index in [2.05, 4.69) is 5.32 Å². The first-order chi connectivity index (χ1) is 11.7. The molecule has 0 aliphatic rings. The first kappa shape index (κ1) is 18.9. The van der Waals surface area contributed by atoms with Gasteiger partial charge in [-0.2, -0.15) is 0 Å². The van der Waals surface area contributed by atoms with Gasteiger partial charge in [-0.15, -0.1) is 0 Å². The molecule has 0 saturated carbocycles. The molecular formula is C16H13ClFNO5S. The van der Waals surface area contributed by atoms with Crippen LogP contribution in [0, 0.1) is 5.82 Å². The summed E-state index contributed by atoms with van der Waals surface area (Å²) in [5.41, 5.74) is -0.0554. The molecule has 0 unspecified atom stereocenters. The Hall–Kier alpha value is -2.45. The van der Waals surface area contributed by atoms with Crippen LogP contribution in [0.1, 0.15) is 10.4 Å². The van der Waals surface area contributed by atoms with Gasteiger partial charge in [-0.1, -0.05) is 11.6 Å². The molecule has 0 spiro atoms. The summed E-state index contributed by atoms with van der Waals surface area (Å²) >= 11 is 5.68. The Labute approximate surface area is 148 Å². The van der Waals surface area contributed by atoms with Gasteiger partial charge in [0, 0.05) is 17.0 Å². The minimum absolute atomic E-state index is 0.105. The molecule has 2 aromatic carbocycles. The highest BCUT2D eigenvalue weighted by molar-refractivity contribution is 7.90. The zero-order valence-corrected chi connectivity index (χ0v) is 14.5. The number of carbonyl (C=O) groups is 2. The minimum Gasteiger partial charge on any atom is -0.452 e. The lowest BCUT2D eigenvalue weighted by Crippen LogP contribution is -2.21. The topological polar surface area (TPSA) is 89.5 Å². The van der Waals surface area contributed by atoms with Crippen molar-refractivity contribution >= 4 is 39.0 Å². The lowest BCUT2D eigenvalue weighted by molar-refractivity contribution is -0.119. The molecule has 0 aromatic heterocycles. The molecule has 9 heteroatoms. The van der Waals surface area contributed by atoms with E-state index in [9.17, 15) is 22.4 Å². The minimum atomic E-state index is -3.34. The molecule has 6 nitrogen and oxygen atoms in total. The third-order valence-corrected chi connectivity index (χ3v) is 4.41. The Balaban J connectivity index is 1.94. The van der Waals surface area contributed by atoms with Crippen LogP contribution in [-0.2, 0) is 19.4 Å². The Morgan fingerprint density at radius 2 is 1.80 bits per heavy atom. The number of ether oxygens (including phenoxy) is 1. The number of hydrogen-bond acceptors (Lipinski definition) is 5. The van der Waals surface area contributed by atoms with E-state index >= 15 is 0 Å². The second kappa shape index (κ2) is 7.62. The molecule has 0 fully saturated rings. The normalized spacial score (nSPS) is 11.0. The number of halogens is 2. The number of benzene rings is 2. The predicted octanol–water partition coefficient (Wildman–Crippen LogP) is 2.68. The summed E-state index contributed by atoms with van der Waals surface area (Å²) in [6, 6.07) is 8.85. The number of esters is 1. The maximum Gasteiger partial charge on any atom is 0.341 e. The number of anilines is 1. The smallest absolute Gasteiger partial charge is 0.341 e. The second-order valence-electron chi connectivity index (χ2n) is 5.05. The number of amides is 1. The van der Waals surface area contributed by atoms with Crippen LogP contribution in [0.15, 0.2) is 47.4 Å². The van der Waals surface area contributed by atoms with Gasteiger partial charge in [0.15, 0.2) is 16.4 Å². The van der Waals surface area contributed by atoms with Crippen LogP contribution in [-0.4, -0.2) is 33.2 Å². The Morgan fingerprint density at radius 3 is 2.40 bits per heavy atom. The fraction of sp³-hybridized carbons (Fsp3) is 0.125. The first-order valence-corrected chi connectivity index (χ1v) is 9.16. The standard InChI is InChI=1S/C16H13ClFNO5S/c1-25(22,23)12-5-3-11(4-6-12)19-15(20)9-24-16(21)13-8-10(17)2-7-14(13)18/h2-8H,9H2,1H3,(H,19,20). The van der Waals surface area contributed by atoms with Gasteiger partial charge in [0.05, 0.1) is 10.5 Å². The van der Waals surface area contributed by atoms with Crippen molar-refractivity contribution in [2.75, 3.05) is 18.2 Å². The summed E-state index contributed by atoms with van der Waals surface area (Å²) in [6.45, 7) is -0.640. The van der Waals surface area contributed by atoms with E-state index in [1.807, 2.05) is 0 Å². The zero-order chi connectivity index (χ0) is 18.6. The monoisotopic (exact) mass is 385 g/mol. The van der Waals surface area contributed by atoms with Crippen LogP contribution >= 0.6 is 11.6 Å². The van der Waals surface area contributed by atoms with Gasteiger partial charge in [0.2, 0.25) is 0 Å². The Morgan fingerprint density at radius 1 is 1.16 bits per heavy atom. The van der Waals surface area contributed by atoms with Gasteiger partial charge >= 0.3 is 5.97 Å². The van der Waals surface area contributed by atoms with E-state index in [-0.39, 0.29) is 15.5 Å². The Kier molecular flexibility index (Phi) is 5.76. The van der Waals surface area contributed by atoms with Gasteiger partial charge in [-0.25, -0.2) is 17.6 Å². The van der Waals surface area contributed by atoms with Crippen molar-refractivity contribution in [2.24, 2.45) is 0 Å². The molecule has 0 atom stereocenters. The molecule has 0 saturated heterocycles. The van der Waals surface area contributed by atoms with E-state index in [1.54, 1.807) is 0 Å². The summed E-state index contributed by atoms with van der Waals surface area (Å²) < 4.78 is 40.9. The number of rotatable bonds is 5. The van der Waals surface area contributed by atoms with Gasteiger partial charge in [0.1, 0.15) is 5.82 Å². The van der Waals surface area contributed by atoms with E-state index in [4.69, 9.17) is 16.3 Å². The van der Waals surface area contributed by atoms with Gasteiger partial charge in [-0.3, -0.25) is 4.79 Å². The average molecular weight is 386 g/mol. The van der Waals surface area contributed by atoms with Crippen molar-refractivity contribution in [3.05, 3.63) is 58.9 Å². The summed E-state index contributed by atoms with van der Waals surface area (Å²) in [7, 11) is -3.34. The molecule has 2 aromatic rings. The third kappa shape index (κ3) is 5.27. The molecule has 0 aliphatic carbocycles. The van der Waals surface area contributed by atoms with Crippen molar-refractivity contribution in [3.63, 3.8) is 0 Å². The number of sulfone groups is 1. The summed E-state index contributed by atoms with van der Waals surface area (Å²) in [5, 5.41) is 2.58. The van der Waals surface area contributed by atoms with Crippen LogP contribution in [0.25, 0.3) is 0 Å². The summed E-state index contributed by atoms with van der Waals surface area (Å²) in [5.74, 6) is -2.50. The van der Waals surface area contributed by atoms with Crippen molar-refractivity contribution in [1.82, 2.24) is 0 Å². The van der Waals surface area contributed by atoms with Gasteiger partial charge in [0.25, 0.3) is 5.91 Å². The number of nitrogens with one attached hydrogen (secondary N) is 1. The second-order valence-corrected chi connectivity index (χ2v) is 7.50. The maximum atomic E-state index is 13.5. The van der Waals surface area contributed by atoms with Crippen molar-refractivity contribution in [3.8, 4) is 0 Å². The third-order valence-electron chi connectivity index (χ3n) is 3.05. The fourth-order valence-corrected chi connectivity index (χ4v) is 2.65. The molecule has 0 bridgehead atoms. The molecule has 0 aliphatic heterocycles. The molecule has 132 valence electrons. The summed E-state index contributed by atoms with van der Waals surface area (Å²) in [4.78, 5) is 23.6. The van der Waals surface area contributed by atoms with E-state index in [1.165, 1.54) is 30.3 Å². The van der Waals surface area contributed by atoms with E-state index < -0.39 is 34.1 Å². The largest absolute Gasteiger partial charge is 0.452 e. The van der Waals surface area contributed by atoms with Crippen molar-refractivity contribution < 1.29 is 27.1 Å². The lowest BCUT2D eigenvalue weighted by Gasteiger charge is -2.08.